The first-order chi connectivity index (χ1) is 12.9. The number of nitrogens with one attached hydrogen (secondary N) is 3. The maximum Gasteiger partial charge on any atom is 0.235 e. The highest BCUT2D eigenvalue weighted by atomic mass is 35.5. The van der Waals surface area contributed by atoms with Crippen molar-refractivity contribution in [2.45, 2.75) is 51.0 Å². The first-order valence-electron chi connectivity index (χ1n) is 9.42. The summed E-state index contributed by atoms with van der Waals surface area (Å²) in [6.45, 7) is 2.44. The van der Waals surface area contributed by atoms with Crippen molar-refractivity contribution >= 4 is 40.7 Å². The minimum atomic E-state index is -0.872. The van der Waals surface area contributed by atoms with Crippen LogP contribution in [0.4, 0.5) is 0 Å². The summed E-state index contributed by atoms with van der Waals surface area (Å²) in [5.41, 5.74) is -0.872. The minimum absolute atomic E-state index is 0.00837. The molecule has 1 aromatic rings. The summed E-state index contributed by atoms with van der Waals surface area (Å²) < 4.78 is 0.685. The number of halogens is 1. The third-order valence-electron chi connectivity index (χ3n) is 5.85. The van der Waals surface area contributed by atoms with Gasteiger partial charge in [-0.2, -0.15) is 0 Å². The number of thiophene rings is 1. The Morgan fingerprint density at radius 1 is 1.26 bits per heavy atom. The van der Waals surface area contributed by atoms with Gasteiger partial charge in [-0.15, -0.1) is 11.3 Å². The molecule has 0 aliphatic heterocycles. The average molecular weight is 412 g/mol. The van der Waals surface area contributed by atoms with E-state index < -0.39 is 5.41 Å². The molecule has 3 amide bonds. The Bertz CT molecular complexity index is 726. The Morgan fingerprint density at radius 2 is 1.96 bits per heavy atom. The number of rotatable bonds is 7. The summed E-state index contributed by atoms with van der Waals surface area (Å²) in [4.78, 5) is 37.8. The van der Waals surface area contributed by atoms with Crippen LogP contribution in [0.3, 0.4) is 0 Å². The van der Waals surface area contributed by atoms with Crippen LogP contribution in [0.25, 0.3) is 0 Å². The van der Waals surface area contributed by atoms with Gasteiger partial charge in [-0.3, -0.25) is 14.4 Å². The van der Waals surface area contributed by atoms with Crippen molar-refractivity contribution < 1.29 is 14.4 Å². The van der Waals surface area contributed by atoms with Crippen LogP contribution in [0.5, 0.6) is 0 Å². The Kier molecular flexibility index (Phi) is 6.11. The first kappa shape index (κ1) is 20.1. The lowest BCUT2D eigenvalue weighted by atomic mass is 9.67. The zero-order chi connectivity index (χ0) is 19.6. The smallest absolute Gasteiger partial charge is 0.235 e. The highest BCUT2D eigenvalue weighted by Crippen LogP contribution is 2.41. The minimum Gasteiger partial charge on any atom is -0.358 e. The molecule has 1 unspecified atom stereocenters. The summed E-state index contributed by atoms with van der Waals surface area (Å²) in [5, 5.41) is 8.62. The topological polar surface area (TPSA) is 87.3 Å². The summed E-state index contributed by atoms with van der Waals surface area (Å²) in [5.74, 6) is -0.217. The molecule has 2 aliphatic rings. The van der Waals surface area contributed by atoms with Gasteiger partial charge in [0.15, 0.2) is 0 Å². The zero-order valence-corrected chi connectivity index (χ0v) is 17.2. The molecule has 27 heavy (non-hydrogen) atoms. The largest absolute Gasteiger partial charge is 0.358 e. The SMILES string of the molecule is CNC(=O)C1(C(=O)NCC2CC(NC(=O)C(C)c3ccc(Cl)s3)C2)CCC1. The van der Waals surface area contributed by atoms with Crippen LogP contribution in [0.2, 0.25) is 4.34 Å². The van der Waals surface area contributed by atoms with Crippen LogP contribution in [0.1, 0.15) is 49.8 Å². The van der Waals surface area contributed by atoms with E-state index in [1.807, 2.05) is 13.0 Å². The van der Waals surface area contributed by atoms with Crippen LogP contribution in [-0.4, -0.2) is 37.4 Å². The van der Waals surface area contributed by atoms with E-state index in [2.05, 4.69) is 16.0 Å². The van der Waals surface area contributed by atoms with Crippen molar-refractivity contribution in [1.29, 1.82) is 0 Å². The van der Waals surface area contributed by atoms with Crippen molar-refractivity contribution in [2.24, 2.45) is 11.3 Å². The third-order valence-corrected chi connectivity index (χ3v) is 7.26. The van der Waals surface area contributed by atoms with E-state index in [-0.39, 0.29) is 29.7 Å². The monoisotopic (exact) mass is 411 g/mol. The van der Waals surface area contributed by atoms with Crippen LogP contribution in [0, 0.1) is 11.3 Å². The molecule has 0 saturated heterocycles. The van der Waals surface area contributed by atoms with Crippen molar-refractivity contribution in [3.63, 3.8) is 0 Å². The zero-order valence-electron chi connectivity index (χ0n) is 15.6. The molecular weight excluding hydrogens is 386 g/mol. The van der Waals surface area contributed by atoms with Crippen LogP contribution < -0.4 is 16.0 Å². The number of carbonyl (C=O) groups is 3. The van der Waals surface area contributed by atoms with Gasteiger partial charge in [0, 0.05) is 24.5 Å². The lowest BCUT2D eigenvalue weighted by molar-refractivity contribution is -0.149. The molecule has 0 radical (unpaired) electrons. The van der Waals surface area contributed by atoms with Crippen molar-refractivity contribution in [1.82, 2.24) is 16.0 Å². The normalized spacial score (nSPS) is 24.1. The quantitative estimate of drug-likeness (QED) is 0.602. The molecule has 2 saturated carbocycles. The first-order valence-corrected chi connectivity index (χ1v) is 10.6. The van der Waals surface area contributed by atoms with Crippen molar-refractivity contribution in [3.05, 3.63) is 21.3 Å². The predicted octanol–water partition coefficient (Wildman–Crippen LogP) is 2.43. The molecule has 2 fully saturated rings. The highest BCUT2D eigenvalue weighted by Gasteiger charge is 2.50. The maximum absolute atomic E-state index is 12.4. The molecule has 1 heterocycles. The van der Waals surface area contributed by atoms with Gasteiger partial charge < -0.3 is 16.0 Å². The lowest BCUT2D eigenvalue weighted by Gasteiger charge is -2.40. The highest BCUT2D eigenvalue weighted by molar-refractivity contribution is 7.16. The van der Waals surface area contributed by atoms with Gasteiger partial charge in [0.2, 0.25) is 17.7 Å². The Balaban J connectivity index is 1.39. The Morgan fingerprint density at radius 3 is 2.48 bits per heavy atom. The lowest BCUT2D eigenvalue weighted by Crippen LogP contribution is -2.56. The average Bonchev–Trinajstić information content (AvgIpc) is 3.00. The molecule has 0 bridgehead atoms. The van der Waals surface area contributed by atoms with Gasteiger partial charge in [0.1, 0.15) is 5.41 Å². The molecule has 2 aliphatic carbocycles. The van der Waals surface area contributed by atoms with Crippen LogP contribution in [-0.2, 0) is 14.4 Å². The number of hydrogen-bond acceptors (Lipinski definition) is 4. The Labute approximate surface area is 168 Å². The Hall–Kier alpha value is -1.60. The molecule has 8 heteroatoms. The molecule has 3 N–H and O–H groups in total. The van der Waals surface area contributed by atoms with E-state index in [4.69, 9.17) is 11.6 Å². The van der Waals surface area contributed by atoms with E-state index in [9.17, 15) is 14.4 Å². The van der Waals surface area contributed by atoms with Gasteiger partial charge in [-0.1, -0.05) is 18.0 Å². The molecule has 1 aromatic heterocycles. The van der Waals surface area contributed by atoms with E-state index in [1.165, 1.54) is 11.3 Å². The molecule has 3 rings (SSSR count). The number of amides is 3. The molecule has 6 nitrogen and oxygen atoms in total. The second-order valence-corrected chi connectivity index (χ2v) is 9.38. The fraction of sp³-hybridized carbons (Fsp3) is 0.632. The predicted molar refractivity (Wildman–Crippen MR) is 106 cm³/mol. The van der Waals surface area contributed by atoms with Crippen LogP contribution in [0.15, 0.2) is 12.1 Å². The van der Waals surface area contributed by atoms with E-state index in [0.717, 1.165) is 24.1 Å². The van der Waals surface area contributed by atoms with Crippen LogP contribution >= 0.6 is 22.9 Å². The molecule has 0 aromatic carbocycles. The number of carbonyl (C=O) groups excluding carboxylic acids is 3. The maximum atomic E-state index is 12.4. The van der Waals surface area contributed by atoms with E-state index >= 15 is 0 Å². The van der Waals surface area contributed by atoms with Gasteiger partial charge in [0.05, 0.1) is 10.3 Å². The summed E-state index contributed by atoms with van der Waals surface area (Å²) >= 11 is 7.36. The van der Waals surface area contributed by atoms with Crippen molar-refractivity contribution in [3.8, 4) is 0 Å². The summed E-state index contributed by atoms with van der Waals surface area (Å²) in [7, 11) is 1.57. The fourth-order valence-electron chi connectivity index (χ4n) is 3.77. The molecule has 0 spiro atoms. The molecular formula is C19H26ClN3O3S. The third kappa shape index (κ3) is 4.14. The molecule has 148 valence electrons. The van der Waals surface area contributed by atoms with Gasteiger partial charge >= 0.3 is 0 Å². The number of hydrogen-bond donors (Lipinski definition) is 3. The summed E-state index contributed by atoms with van der Waals surface area (Å²) in [6, 6.07) is 3.84. The second kappa shape index (κ2) is 8.19. The summed E-state index contributed by atoms with van der Waals surface area (Å²) in [6.07, 6.45) is 3.83. The van der Waals surface area contributed by atoms with Gasteiger partial charge in [-0.05, 0) is 50.7 Å². The van der Waals surface area contributed by atoms with Crippen molar-refractivity contribution in [2.75, 3.05) is 13.6 Å². The van der Waals surface area contributed by atoms with E-state index in [1.54, 1.807) is 13.1 Å². The van der Waals surface area contributed by atoms with Gasteiger partial charge in [0.25, 0.3) is 0 Å². The van der Waals surface area contributed by atoms with E-state index in [0.29, 0.717) is 29.6 Å². The fourth-order valence-corrected chi connectivity index (χ4v) is 4.88. The standard InChI is InChI=1S/C19H26ClN3O3S/c1-11(14-4-5-15(20)27-14)16(24)23-13-8-12(9-13)10-22-18(26)19(6-3-7-19)17(25)21-2/h4-5,11-13H,3,6-10H2,1-2H3,(H,21,25)(H,22,26)(H,23,24). The molecule has 1 atom stereocenters. The second-order valence-electron chi connectivity index (χ2n) is 7.63. The van der Waals surface area contributed by atoms with Gasteiger partial charge in [-0.25, -0.2) is 0 Å².